The molecule has 1 aliphatic heterocycles. The molecule has 1 saturated heterocycles. The average Bonchev–Trinajstić information content (AvgIpc) is 2.83. The van der Waals surface area contributed by atoms with Gasteiger partial charge < -0.3 is 10.1 Å². The molecule has 19 heavy (non-hydrogen) atoms. The fraction of sp³-hybridized carbons (Fsp3) is 0.583. The van der Waals surface area contributed by atoms with E-state index >= 15 is 0 Å². The van der Waals surface area contributed by atoms with E-state index < -0.39 is 9.84 Å². The molecule has 1 fully saturated rings. The van der Waals surface area contributed by atoms with Crippen molar-refractivity contribution in [3.8, 4) is 5.75 Å². The summed E-state index contributed by atoms with van der Waals surface area (Å²) >= 11 is 5.71. The van der Waals surface area contributed by atoms with Gasteiger partial charge in [0.25, 0.3) is 0 Å². The summed E-state index contributed by atoms with van der Waals surface area (Å²) in [6, 6.07) is 3.33. The van der Waals surface area contributed by atoms with Crippen molar-refractivity contribution in [3.05, 3.63) is 23.5 Å². The van der Waals surface area contributed by atoms with Crippen molar-refractivity contribution >= 4 is 21.4 Å². The van der Waals surface area contributed by atoms with Crippen molar-refractivity contribution in [2.24, 2.45) is 5.92 Å². The summed E-state index contributed by atoms with van der Waals surface area (Å²) in [5.41, 5.74) is 0. The molecule has 5 nitrogen and oxygen atoms in total. The highest BCUT2D eigenvalue weighted by molar-refractivity contribution is 7.90. The minimum absolute atomic E-state index is 0.0158. The van der Waals surface area contributed by atoms with Crippen LogP contribution in [0.1, 0.15) is 6.42 Å². The fourth-order valence-corrected chi connectivity index (χ4v) is 3.21. The normalized spacial score (nSPS) is 21.3. The van der Waals surface area contributed by atoms with Crippen LogP contribution in [0.2, 0.25) is 5.15 Å². The van der Waals surface area contributed by atoms with E-state index in [-0.39, 0.29) is 17.8 Å². The van der Waals surface area contributed by atoms with Crippen LogP contribution in [0, 0.1) is 5.92 Å². The molecule has 2 atom stereocenters. The molecule has 0 radical (unpaired) electrons. The van der Waals surface area contributed by atoms with Gasteiger partial charge in [-0.2, -0.15) is 0 Å². The number of pyridine rings is 1. The highest BCUT2D eigenvalue weighted by atomic mass is 35.5. The smallest absolute Gasteiger partial charge is 0.151 e. The Morgan fingerprint density at radius 1 is 1.58 bits per heavy atom. The number of halogens is 1. The lowest BCUT2D eigenvalue weighted by Crippen LogP contribution is -2.35. The van der Waals surface area contributed by atoms with E-state index in [1.165, 1.54) is 12.5 Å². The third-order valence-electron chi connectivity index (χ3n) is 3.08. The summed E-state index contributed by atoms with van der Waals surface area (Å²) in [6.07, 6.45) is 3.31. The van der Waals surface area contributed by atoms with Crippen molar-refractivity contribution in [1.29, 1.82) is 0 Å². The van der Waals surface area contributed by atoms with Gasteiger partial charge in [0.1, 0.15) is 17.0 Å². The highest BCUT2D eigenvalue weighted by Gasteiger charge is 2.29. The zero-order chi connectivity index (χ0) is 13.9. The summed E-state index contributed by atoms with van der Waals surface area (Å²) in [7, 11) is -3.09. The average molecular weight is 305 g/mol. The van der Waals surface area contributed by atoms with E-state index in [4.69, 9.17) is 16.3 Å². The monoisotopic (exact) mass is 304 g/mol. The highest BCUT2D eigenvalue weighted by Crippen LogP contribution is 2.21. The van der Waals surface area contributed by atoms with Crippen molar-refractivity contribution in [2.45, 2.75) is 12.5 Å². The lowest BCUT2D eigenvalue weighted by atomic mass is 10.0. The van der Waals surface area contributed by atoms with Gasteiger partial charge in [0.2, 0.25) is 0 Å². The lowest BCUT2D eigenvalue weighted by molar-refractivity contribution is 0.163. The Kier molecular flexibility index (Phi) is 4.65. The molecule has 0 aliphatic carbocycles. The number of hydrogen-bond donors (Lipinski definition) is 1. The molecule has 1 aromatic rings. The van der Waals surface area contributed by atoms with Crippen molar-refractivity contribution in [2.75, 3.05) is 25.1 Å². The molecule has 0 spiro atoms. The number of ether oxygens (including phenoxy) is 1. The first-order chi connectivity index (χ1) is 8.94. The van der Waals surface area contributed by atoms with Crippen LogP contribution in [0.15, 0.2) is 18.3 Å². The third-order valence-corrected chi connectivity index (χ3v) is 4.24. The summed E-state index contributed by atoms with van der Waals surface area (Å²) in [4.78, 5) is 3.93. The molecule has 1 aromatic heterocycles. The van der Waals surface area contributed by atoms with E-state index in [9.17, 15) is 8.42 Å². The Morgan fingerprint density at radius 3 is 2.89 bits per heavy atom. The second-order valence-corrected chi connectivity index (χ2v) is 7.39. The van der Waals surface area contributed by atoms with Crippen LogP contribution in [-0.4, -0.2) is 44.6 Å². The van der Waals surface area contributed by atoms with Gasteiger partial charge >= 0.3 is 0 Å². The number of rotatable bonds is 5. The van der Waals surface area contributed by atoms with Crippen LogP contribution in [0.4, 0.5) is 0 Å². The van der Waals surface area contributed by atoms with E-state index in [1.54, 1.807) is 12.1 Å². The first kappa shape index (κ1) is 14.6. The molecular weight excluding hydrogens is 288 g/mol. The first-order valence-electron chi connectivity index (χ1n) is 6.11. The van der Waals surface area contributed by atoms with Crippen LogP contribution in [-0.2, 0) is 9.84 Å². The van der Waals surface area contributed by atoms with Gasteiger partial charge in [0, 0.05) is 18.7 Å². The molecule has 7 heteroatoms. The Balaban J connectivity index is 2.10. The van der Waals surface area contributed by atoms with E-state index in [0.717, 1.165) is 19.5 Å². The zero-order valence-electron chi connectivity index (χ0n) is 10.7. The van der Waals surface area contributed by atoms with Crippen LogP contribution < -0.4 is 10.1 Å². The topological polar surface area (TPSA) is 68.3 Å². The molecule has 2 heterocycles. The number of nitrogens with zero attached hydrogens (tertiary/aromatic N) is 1. The van der Waals surface area contributed by atoms with Gasteiger partial charge in [-0.25, -0.2) is 13.4 Å². The summed E-state index contributed by atoms with van der Waals surface area (Å²) in [6.45, 7) is 1.67. The second-order valence-electron chi connectivity index (χ2n) is 4.82. The molecule has 2 rings (SSSR count). The first-order valence-corrected chi connectivity index (χ1v) is 8.54. The molecule has 0 aromatic carbocycles. The van der Waals surface area contributed by atoms with Crippen molar-refractivity contribution < 1.29 is 13.2 Å². The molecule has 0 bridgehead atoms. The van der Waals surface area contributed by atoms with E-state index in [1.807, 2.05) is 0 Å². The number of hydrogen-bond acceptors (Lipinski definition) is 5. The van der Waals surface area contributed by atoms with E-state index in [0.29, 0.717) is 10.9 Å². The Morgan fingerprint density at radius 2 is 2.37 bits per heavy atom. The lowest BCUT2D eigenvalue weighted by Gasteiger charge is -2.23. The molecule has 106 valence electrons. The Bertz CT molecular complexity index is 512. The fourth-order valence-electron chi connectivity index (χ4n) is 2.17. The third kappa shape index (κ3) is 4.63. The largest absolute Gasteiger partial charge is 0.487 e. The van der Waals surface area contributed by atoms with Gasteiger partial charge in [-0.1, -0.05) is 11.6 Å². The van der Waals surface area contributed by atoms with Crippen molar-refractivity contribution in [1.82, 2.24) is 10.3 Å². The zero-order valence-corrected chi connectivity index (χ0v) is 12.2. The van der Waals surface area contributed by atoms with Gasteiger partial charge in [0.15, 0.2) is 9.84 Å². The Hall–Kier alpha value is -0.850. The van der Waals surface area contributed by atoms with Gasteiger partial charge in [-0.05, 0) is 25.1 Å². The van der Waals surface area contributed by atoms with Crippen LogP contribution in [0.5, 0.6) is 5.75 Å². The maximum Gasteiger partial charge on any atom is 0.151 e. The maximum atomic E-state index is 11.5. The molecular formula is C12H17ClN2O3S. The van der Waals surface area contributed by atoms with Crippen LogP contribution in [0.3, 0.4) is 0 Å². The standard InChI is InChI=1S/C12H17ClN2O3S/c1-19(16,17)8-11(9-4-5-14-6-9)18-10-2-3-12(13)15-7-10/h2-3,7,9,11,14H,4-6,8H2,1H3/t9?,11-/m0/s1. The van der Waals surface area contributed by atoms with E-state index in [2.05, 4.69) is 10.3 Å². The minimum atomic E-state index is -3.09. The summed E-state index contributed by atoms with van der Waals surface area (Å²) in [5, 5.41) is 3.61. The van der Waals surface area contributed by atoms with Crippen LogP contribution in [0.25, 0.3) is 0 Å². The molecule has 0 saturated carbocycles. The van der Waals surface area contributed by atoms with Gasteiger partial charge in [0.05, 0.1) is 11.9 Å². The Labute approximate surface area is 118 Å². The molecule has 0 amide bonds. The van der Waals surface area contributed by atoms with Gasteiger partial charge in [-0.15, -0.1) is 0 Å². The van der Waals surface area contributed by atoms with Crippen LogP contribution >= 0.6 is 11.6 Å². The number of aromatic nitrogens is 1. The summed E-state index contributed by atoms with van der Waals surface area (Å²) in [5.74, 6) is 0.762. The maximum absolute atomic E-state index is 11.5. The second kappa shape index (κ2) is 6.07. The van der Waals surface area contributed by atoms with Gasteiger partial charge in [-0.3, -0.25) is 0 Å². The SMILES string of the molecule is CS(=O)(=O)C[C@H](Oc1ccc(Cl)nc1)C1CCNC1. The predicted molar refractivity (Wildman–Crippen MR) is 74.4 cm³/mol. The predicted octanol–water partition coefficient (Wildman–Crippen LogP) is 1.14. The number of nitrogens with one attached hydrogen (secondary N) is 1. The molecule has 1 aliphatic rings. The quantitative estimate of drug-likeness (QED) is 0.826. The summed E-state index contributed by atoms with van der Waals surface area (Å²) < 4.78 is 28.8. The molecule has 1 N–H and O–H groups in total. The number of sulfone groups is 1. The molecule has 1 unspecified atom stereocenters. The van der Waals surface area contributed by atoms with Crippen molar-refractivity contribution in [3.63, 3.8) is 0 Å². The minimum Gasteiger partial charge on any atom is -0.487 e.